The van der Waals surface area contributed by atoms with Crippen LogP contribution in [0.1, 0.15) is 45.6 Å². The topological polar surface area (TPSA) is 9.23 Å². The van der Waals surface area contributed by atoms with E-state index in [0.29, 0.717) is 5.41 Å². The molecule has 0 saturated carbocycles. The van der Waals surface area contributed by atoms with Crippen LogP contribution in [0, 0.1) is 0 Å². The van der Waals surface area contributed by atoms with Crippen molar-refractivity contribution in [3.63, 3.8) is 0 Å². The molecule has 1 aromatic heterocycles. The van der Waals surface area contributed by atoms with Gasteiger partial charge in [0.15, 0.2) is 5.06 Å². The lowest BCUT2D eigenvalue weighted by atomic mass is 9.78. The van der Waals surface area contributed by atoms with E-state index in [2.05, 4.69) is 32.2 Å². The highest BCUT2D eigenvalue weighted by atomic mass is 32.1. The van der Waals surface area contributed by atoms with Crippen molar-refractivity contribution in [1.29, 1.82) is 0 Å². The second kappa shape index (κ2) is 4.83. The highest BCUT2D eigenvalue weighted by Gasteiger charge is 2.24. The summed E-state index contributed by atoms with van der Waals surface area (Å²) in [6.45, 7) is 6.86. The minimum absolute atomic E-state index is 0.335. The van der Waals surface area contributed by atoms with E-state index in [1.54, 1.807) is 18.4 Å². The quantitative estimate of drug-likeness (QED) is 0.710. The lowest BCUT2D eigenvalue weighted by Crippen LogP contribution is -2.19. The maximum Gasteiger partial charge on any atom is 0.173 e. The van der Waals surface area contributed by atoms with Gasteiger partial charge in [-0.1, -0.05) is 27.2 Å². The van der Waals surface area contributed by atoms with Gasteiger partial charge in [0.25, 0.3) is 0 Å². The molecule has 1 rings (SSSR count). The molecule has 2 heteroatoms. The zero-order valence-corrected chi connectivity index (χ0v) is 10.4. The molecule has 14 heavy (non-hydrogen) atoms. The Morgan fingerprint density at radius 3 is 2.57 bits per heavy atom. The van der Waals surface area contributed by atoms with E-state index in [4.69, 9.17) is 4.74 Å². The van der Waals surface area contributed by atoms with Crippen molar-refractivity contribution < 1.29 is 4.74 Å². The molecule has 0 saturated heterocycles. The summed E-state index contributed by atoms with van der Waals surface area (Å²) in [6, 6.07) is 2.18. The van der Waals surface area contributed by atoms with Crippen LogP contribution in [0.25, 0.3) is 0 Å². The number of thiophene rings is 1. The summed E-state index contributed by atoms with van der Waals surface area (Å²) >= 11 is 1.70. The Morgan fingerprint density at radius 2 is 2.14 bits per heavy atom. The maximum atomic E-state index is 5.23. The molecule has 1 atom stereocenters. The molecule has 1 nitrogen and oxygen atoms in total. The Morgan fingerprint density at radius 1 is 1.43 bits per heavy atom. The van der Waals surface area contributed by atoms with E-state index < -0.39 is 0 Å². The predicted molar refractivity (Wildman–Crippen MR) is 63.4 cm³/mol. The summed E-state index contributed by atoms with van der Waals surface area (Å²) in [5.41, 5.74) is 1.77. The summed E-state index contributed by atoms with van der Waals surface area (Å²) in [6.07, 6.45) is 3.69. The molecular formula is C12H20OS. The third kappa shape index (κ3) is 2.30. The van der Waals surface area contributed by atoms with Crippen molar-refractivity contribution >= 4 is 11.3 Å². The van der Waals surface area contributed by atoms with Gasteiger partial charge in [0, 0.05) is 0 Å². The molecule has 0 aromatic carbocycles. The Labute approximate surface area is 91.1 Å². The standard InChI is InChI=1S/C12H20OS/c1-5-7-12(3,6-2)10-8-11(13-4)14-9-10/h8-9H,5-7H2,1-4H3. The molecule has 80 valence electrons. The molecule has 1 heterocycles. The first-order valence-electron chi connectivity index (χ1n) is 5.29. The third-order valence-corrected chi connectivity index (χ3v) is 3.94. The predicted octanol–water partition coefficient (Wildman–Crippen LogP) is 4.22. The molecule has 0 radical (unpaired) electrons. The minimum atomic E-state index is 0.335. The lowest BCUT2D eigenvalue weighted by Gasteiger charge is -2.26. The van der Waals surface area contributed by atoms with Gasteiger partial charge in [-0.3, -0.25) is 0 Å². The summed E-state index contributed by atoms with van der Waals surface area (Å²) in [4.78, 5) is 0. The maximum absolute atomic E-state index is 5.23. The van der Waals surface area contributed by atoms with E-state index in [0.717, 1.165) is 5.06 Å². The lowest BCUT2D eigenvalue weighted by molar-refractivity contribution is 0.407. The Hall–Kier alpha value is -0.500. The molecule has 0 bridgehead atoms. The van der Waals surface area contributed by atoms with Crippen molar-refractivity contribution in [2.75, 3.05) is 7.11 Å². The van der Waals surface area contributed by atoms with Crippen LogP contribution < -0.4 is 4.74 Å². The molecule has 0 aliphatic heterocycles. The van der Waals surface area contributed by atoms with E-state index >= 15 is 0 Å². The van der Waals surface area contributed by atoms with Gasteiger partial charge in [0.05, 0.1) is 7.11 Å². The number of ether oxygens (including phenoxy) is 1. The van der Waals surface area contributed by atoms with Gasteiger partial charge in [-0.15, -0.1) is 11.3 Å². The van der Waals surface area contributed by atoms with Crippen molar-refractivity contribution in [2.45, 2.75) is 45.4 Å². The van der Waals surface area contributed by atoms with Gasteiger partial charge in [0.2, 0.25) is 0 Å². The first kappa shape index (κ1) is 11.6. The summed E-state index contributed by atoms with van der Waals surface area (Å²) in [5, 5.41) is 3.26. The molecule has 0 spiro atoms. The largest absolute Gasteiger partial charge is 0.487 e. The Balaban J connectivity index is 2.87. The molecule has 0 fully saturated rings. The molecule has 1 aromatic rings. The molecule has 0 N–H and O–H groups in total. The average molecular weight is 212 g/mol. The van der Waals surface area contributed by atoms with E-state index in [9.17, 15) is 0 Å². The van der Waals surface area contributed by atoms with Crippen LogP contribution in [0.4, 0.5) is 0 Å². The average Bonchev–Trinajstić information content (AvgIpc) is 2.66. The Kier molecular flexibility index (Phi) is 3.99. The van der Waals surface area contributed by atoms with Crippen molar-refractivity contribution in [2.24, 2.45) is 0 Å². The summed E-state index contributed by atoms with van der Waals surface area (Å²) in [7, 11) is 1.73. The highest BCUT2D eigenvalue weighted by Crippen LogP contribution is 2.37. The monoisotopic (exact) mass is 212 g/mol. The Bertz CT molecular complexity index is 280. The van der Waals surface area contributed by atoms with Crippen molar-refractivity contribution in [3.05, 3.63) is 17.0 Å². The fourth-order valence-electron chi connectivity index (χ4n) is 1.82. The van der Waals surface area contributed by atoms with Crippen LogP contribution in [0.2, 0.25) is 0 Å². The SMILES string of the molecule is CCCC(C)(CC)c1csc(OC)c1. The third-order valence-electron chi connectivity index (χ3n) is 3.06. The second-order valence-corrected chi connectivity index (χ2v) is 4.90. The van der Waals surface area contributed by atoms with Gasteiger partial charge in [-0.2, -0.15) is 0 Å². The van der Waals surface area contributed by atoms with Crippen LogP contribution >= 0.6 is 11.3 Å². The number of hydrogen-bond acceptors (Lipinski definition) is 2. The minimum Gasteiger partial charge on any atom is -0.487 e. The number of methoxy groups -OCH3 is 1. The summed E-state index contributed by atoms with van der Waals surface area (Å²) < 4.78 is 5.23. The van der Waals surface area contributed by atoms with Crippen LogP contribution in [0.15, 0.2) is 11.4 Å². The number of rotatable bonds is 5. The fraction of sp³-hybridized carbons (Fsp3) is 0.667. The van der Waals surface area contributed by atoms with E-state index in [1.165, 1.54) is 24.8 Å². The van der Waals surface area contributed by atoms with E-state index in [-0.39, 0.29) is 0 Å². The molecular weight excluding hydrogens is 192 g/mol. The van der Waals surface area contributed by atoms with E-state index in [1.807, 2.05) is 0 Å². The second-order valence-electron chi connectivity index (χ2n) is 4.02. The van der Waals surface area contributed by atoms with Gasteiger partial charge in [-0.25, -0.2) is 0 Å². The zero-order valence-electron chi connectivity index (χ0n) is 9.59. The molecule has 0 aliphatic carbocycles. The number of hydrogen-bond donors (Lipinski definition) is 0. The smallest absolute Gasteiger partial charge is 0.173 e. The zero-order chi connectivity index (χ0) is 10.6. The van der Waals surface area contributed by atoms with Crippen LogP contribution in [-0.2, 0) is 5.41 Å². The van der Waals surface area contributed by atoms with Gasteiger partial charge in [-0.05, 0) is 35.3 Å². The van der Waals surface area contributed by atoms with Gasteiger partial charge >= 0.3 is 0 Å². The first-order valence-corrected chi connectivity index (χ1v) is 6.17. The van der Waals surface area contributed by atoms with Gasteiger partial charge < -0.3 is 4.74 Å². The highest BCUT2D eigenvalue weighted by molar-refractivity contribution is 7.12. The molecule has 0 amide bonds. The normalized spacial score (nSPS) is 15.1. The fourth-order valence-corrected chi connectivity index (χ4v) is 2.70. The summed E-state index contributed by atoms with van der Waals surface area (Å²) in [5.74, 6) is 0. The molecule has 0 aliphatic rings. The van der Waals surface area contributed by atoms with Crippen LogP contribution in [0.5, 0.6) is 5.06 Å². The molecule has 1 unspecified atom stereocenters. The van der Waals surface area contributed by atoms with Crippen LogP contribution in [-0.4, -0.2) is 7.11 Å². The van der Waals surface area contributed by atoms with Crippen molar-refractivity contribution in [3.8, 4) is 5.06 Å². The first-order chi connectivity index (χ1) is 6.66. The van der Waals surface area contributed by atoms with Crippen molar-refractivity contribution in [1.82, 2.24) is 0 Å². The van der Waals surface area contributed by atoms with Gasteiger partial charge in [0.1, 0.15) is 0 Å². The van der Waals surface area contributed by atoms with Crippen LogP contribution in [0.3, 0.4) is 0 Å².